The fourth-order valence-electron chi connectivity index (χ4n) is 4.25. The van der Waals surface area contributed by atoms with Crippen molar-refractivity contribution in [2.24, 2.45) is 4.99 Å². The number of allylic oxidation sites excluding steroid dienone is 7. The normalized spacial score (nSPS) is 16.8. The van der Waals surface area contributed by atoms with E-state index in [1.54, 1.807) is 0 Å². The van der Waals surface area contributed by atoms with Gasteiger partial charge in [-0.25, -0.2) is 0 Å². The summed E-state index contributed by atoms with van der Waals surface area (Å²) in [4.78, 5) is 9.27. The Morgan fingerprint density at radius 1 is 1.00 bits per heavy atom. The van der Waals surface area contributed by atoms with Crippen LogP contribution in [0.15, 0.2) is 104 Å². The molecule has 3 rings (SSSR count). The Morgan fingerprint density at radius 3 is 2.33 bits per heavy atom. The van der Waals surface area contributed by atoms with Crippen LogP contribution in [-0.4, -0.2) is 19.8 Å². The number of aliphatic imine (C=N–C) groups is 1. The number of thioether (sulfide) groups is 1. The number of para-hydroxylation sites is 1. The zero-order valence-electron chi connectivity index (χ0n) is 23.4. The zero-order chi connectivity index (χ0) is 26.3. The van der Waals surface area contributed by atoms with Gasteiger partial charge in [-0.3, -0.25) is 4.99 Å². The van der Waals surface area contributed by atoms with Gasteiger partial charge in [0.25, 0.3) is 0 Å². The van der Waals surface area contributed by atoms with Gasteiger partial charge < -0.3 is 4.90 Å². The number of hydrogen-bond donors (Lipinski definition) is 0. The predicted octanol–water partition coefficient (Wildman–Crippen LogP) is 9.44. The van der Waals surface area contributed by atoms with Gasteiger partial charge in [0.05, 0.1) is 0 Å². The number of aryl methyl sites for hydroxylation is 1. The van der Waals surface area contributed by atoms with E-state index in [0.29, 0.717) is 0 Å². The first-order valence-electron chi connectivity index (χ1n) is 12.9. The molecule has 2 aromatic rings. The lowest BCUT2D eigenvalue weighted by molar-refractivity contribution is 0.590. The standard InChI is InChI=1S/C33H42N2S/c1-24-12-9-10-15-31(24)35(8)26(3)17-19-28-14-11-13-27(18-16-25(2)34-7)32(28)36-30-22-20-29(21-23-30)33(4,5)6/h9-10,12,15-23H,11,13-14H2,1-8H3/b18-16+,26-17+,28-19+,34-25-. The molecule has 0 spiro atoms. The molecule has 1 aliphatic carbocycles. The van der Waals surface area contributed by atoms with Gasteiger partial charge in [-0.2, -0.15) is 0 Å². The van der Waals surface area contributed by atoms with Gasteiger partial charge >= 0.3 is 0 Å². The molecule has 0 N–H and O–H groups in total. The molecule has 0 saturated carbocycles. The van der Waals surface area contributed by atoms with Crippen molar-refractivity contribution in [1.82, 2.24) is 0 Å². The summed E-state index contributed by atoms with van der Waals surface area (Å²) in [6, 6.07) is 17.7. The van der Waals surface area contributed by atoms with Crippen molar-refractivity contribution < 1.29 is 0 Å². The first-order valence-corrected chi connectivity index (χ1v) is 13.7. The highest BCUT2D eigenvalue weighted by Gasteiger charge is 2.18. The van der Waals surface area contributed by atoms with E-state index in [0.717, 1.165) is 18.6 Å². The number of anilines is 1. The quantitative estimate of drug-likeness (QED) is 0.353. The van der Waals surface area contributed by atoms with Crippen LogP contribution in [0.3, 0.4) is 0 Å². The molecule has 1 aliphatic rings. The van der Waals surface area contributed by atoms with E-state index in [-0.39, 0.29) is 5.41 Å². The zero-order valence-corrected chi connectivity index (χ0v) is 24.2. The third kappa shape index (κ3) is 7.36. The van der Waals surface area contributed by atoms with Crippen LogP contribution in [0.1, 0.15) is 65.0 Å². The highest BCUT2D eigenvalue weighted by atomic mass is 32.2. The molecule has 0 heterocycles. The SMILES string of the molecule is C/N=C(C)\C=C\C1=C(Sc2ccc(C(C)(C)C)cc2)C(=C/C=C(\C)N(C)c2ccccc2C)/CCC1. The Morgan fingerprint density at radius 2 is 1.69 bits per heavy atom. The minimum Gasteiger partial charge on any atom is -0.348 e. The molecule has 0 aliphatic heterocycles. The lowest BCUT2D eigenvalue weighted by Gasteiger charge is -2.24. The maximum absolute atomic E-state index is 4.32. The van der Waals surface area contributed by atoms with Crippen molar-refractivity contribution in [3.8, 4) is 0 Å². The molecule has 3 heteroatoms. The largest absolute Gasteiger partial charge is 0.348 e. The molecular formula is C33H42N2S. The van der Waals surface area contributed by atoms with Crippen LogP contribution in [-0.2, 0) is 5.41 Å². The van der Waals surface area contributed by atoms with E-state index in [1.807, 2.05) is 18.8 Å². The summed E-state index contributed by atoms with van der Waals surface area (Å²) < 4.78 is 0. The van der Waals surface area contributed by atoms with Crippen LogP contribution >= 0.6 is 11.8 Å². The van der Waals surface area contributed by atoms with Crippen LogP contribution in [0.25, 0.3) is 0 Å². The average Bonchev–Trinajstić information content (AvgIpc) is 2.86. The Labute approximate surface area is 223 Å². The lowest BCUT2D eigenvalue weighted by atomic mass is 9.87. The van der Waals surface area contributed by atoms with Crippen LogP contribution in [0.2, 0.25) is 0 Å². The van der Waals surface area contributed by atoms with Crippen molar-refractivity contribution >= 4 is 23.2 Å². The third-order valence-corrected chi connectivity index (χ3v) is 8.06. The van der Waals surface area contributed by atoms with Gasteiger partial charge in [-0.05, 0) is 98.1 Å². The van der Waals surface area contributed by atoms with Crippen molar-refractivity contribution in [2.45, 2.75) is 71.1 Å². The van der Waals surface area contributed by atoms with Gasteiger partial charge in [0.1, 0.15) is 0 Å². The van der Waals surface area contributed by atoms with Crippen LogP contribution in [0, 0.1) is 6.92 Å². The van der Waals surface area contributed by atoms with Gasteiger partial charge in [0.2, 0.25) is 0 Å². The second kappa shape index (κ2) is 12.5. The minimum atomic E-state index is 0.161. The summed E-state index contributed by atoms with van der Waals surface area (Å²) in [7, 11) is 4.00. The molecule has 2 aromatic carbocycles. The van der Waals surface area contributed by atoms with Crippen molar-refractivity contribution in [2.75, 3.05) is 19.0 Å². The number of benzene rings is 2. The first-order chi connectivity index (χ1) is 17.1. The highest BCUT2D eigenvalue weighted by molar-refractivity contribution is 8.03. The monoisotopic (exact) mass is 498 g/mol. The number of hydrogen-bond acceptors (Lipinski definition) is 3. The Bertz CT molecular complexity index is 1200. The molecule has 0 bridgehead atoms. The fraction of sp³-hybridized carbons (Fsp3) is 0.364. The van der Waals surface area contributed by atoms with E-state index in [4.69, 9.17) is 0 Å². The Kier molecular flexibility index (Phi) is 9.62. The number of nitrogens with zero attached hydrogens (tertiary/aromatic N) is 2. The molecule has 2 nitrogen and oxygen atoms in total. The van der Waals surface area contributed by atoms with Crippen molar-refractivity contribution in [3.63, 3.8) is 0 Å². The van der Waals surface area contributed by atoms with Crippen molar-refractivity contribution in [1.29, 1.82) is 0 Å². The second-order valence-corrected chi connectivity index (χ2v) is 11.7. The molecular weight excluding hydrogens is 456 g/mol. The van der Waals surface area contributed by atoms with E-state index >= 15 is 0 Å². The molecule has 0 atom stereocenters. The summed E-state index contributed by atoms with van der Waals surface area (Å²) in [6.07, 6.45) is 12.4. The van der Waals surface area contributed by atoms with E-state index in [2.05, 4.69) is 131 Å². The topological polar surface area (TPSA) is 15.6 Å². The van der Waals surface area contributed by atoms with Gasteiger partial charge in [-0.15, -0.1) is 0 Å². The molecule has 190 valence electrons. The minimum absolute atomic E-state index is 0.161. The Balaban J connectivity index is 1.97. The van der Waals surface area contributed by atoms with E-state index in [1.165, 1.54) is 49.9 Å². The summed E-state index contributed by atoms with van der Waals surface area (Å²) >= 11 is 1.90. The smallest absolute Gasteiger partial charge is 0.0435 e. The number of rotatable bonds is 7. The molecule has 0 amide bonds. The van der Waals surface area contributed by atoms with Gasteiger partial charge in [0.15, 0.2) is 0 Å². The summed E-state index contributed by atoms with van der Waals surface area (Å²) in [5.74, 6) is 0. The summed E-state index contributed by atoms with van der Waals surface area (Å²) in [5, 5.41) is 0. The predicted molar refractivity (Wildman–Crippen MR) is 161 cm³/mol. The lowest BCUT2D eigenvalue weighted by Crippen LogP contribution is -2.15. The summed E-state index contributed by atoms with van der Waals surface area (Å²) in [5.41, 5.74) is 9.15. The average molecular weight is 499 g/mol. The maximum Gasteiger partial charge on any atom is 0.0435 e. The van der Waals surface area contributed by atoms with Gasteiger partial charge in [-0.1, -0.05) is 75.0 Å². The molecule has 0 radical (unpaired) electrons. The Hall–Kier alpha value is -2.78. The first kappa shape index (κ1) is 27.8. The van der Waals surface area contributed by atoms with E-state index < -0.39 is 0 Å². The summed E-state index contributed by atoms with van der Waals surface area (Å²) in [6.45, 7) is 13.2. The van der Waals surface area contributed by atoms with Gasteiger partial charge in [0, 0.05) is 41.0 Å². The molecule has 0 unspecified atom stereocenters. The highest BCUT2D eigenvalue weighted by Crippen LogP contribution is 2.42. The van der Waals surface area contributed by atoms with Crippen LogP contribution < -0.4 is 4.90 Å². The molecule has 0 fully saturated rings. The maximum atomic E-state index is 4.32. The van der Waals surface area contributed by atoms with Crippen molar-refractivity contribution in [3.05, 3.63) is 106 Å². The van der Waals surface area contributed by atoms with Crippen LogP contribution in [0.4, 0.5) is 5.69 Å². The molecule has 36 heavy (non-hydrogen) atoms. The molecule has 0 saturated heterocycles. The second-order valence-electron chi connectivity index (χ2n) is 10.6. The molecule has 0 aromatic heterocycles. The van der Waals surface area contributed by atoms with E-state index in [9.17, 15) is 0 Å². The fourth-order valence-corrected chi connectivity index (χ4v) is 5.36. The van der Waals surface area contributed by atoms with Crippen LogP contribution in [0.5, 0.6) is 0 Å². The third-order valence-electron chi connectivity index (χ3n) is 6.83.